The van der Waals surface area contributed by atoms with E-state index in [0.717, 1.165) is 37.2 Å². The number of aromatic amines is 1. The maximum atomic E-state index is 4.69. The normalized spacial score (nSPS) is 21.0. The Kier molecular flexibility index (Phi) is 4.34. The minimum absolute atomic E-state index is 0.663. The molecule has 2 aromatic heterocycles. The topological polar surface area (TPSA) is 81.8 Å². The van der Waals surface area contributed by atoms with E-state index in [-0.39, 0.29) is 0 Å². The highest BCUT2D eigenvalue weighted by atomic mass is 15.3. The minimum atomic E-state index is 0.663. The summed E-state index contributed by atoms with van der Waals surface area (Å²) in [5.74, 6) is 3.76. The second-order valence-corrected chi connectivity index (χ2v) is 6.86. The number of rotatable bonds is 6. The lowest BCUT2D eigenvalue weighted by Gasteiger charge is -2.32. The molecule has 7 heteroatoms. The number of H-pyrrole nitrogens is 1. The Balaban J connectivity index is 1.44. The van der Waals surface area contributed by atoms with Gasteiger partial charge >= 0.3 is 0 Å². The maximum Gasteiger partial charge on any atom is 0.227 e. The van der Waals surface area contributed by atoms with Crippen molar-refractivity contribution in [2.45, 2.75) is 31.6 Å². The number of nitrogens with one attached hydrogen (secondary N) is 3. The van der Waals surface area contributed by atoms with Gasteiger partial charge in [0.2, 0.25) is 5.95 Å². The van der Waals surface area contributed by atoms with Crippen molar-refractivity contribution in [2.75, 3.05) is 36.9 Å². The van der Waals surface area contributed by atoms with Crippen LogP contribution in [0.25, 0.3) is 0 Å². The van der Waals surface area contributed by atoms with Crippen molar-refractivity contribution in [3.63, 3.8) is 0 Å². The van der Waals surface area contributed by atoms with Crippen molar-refractivity contribution in [1.82, 2.24) is 25.5 Å². The molecular formula is C17H25N7. The van der Waals surface area contributed by atoms with Crippen LogP contribution in [0, 0.1) is 5.92 Å². The summed E-state index contributed by atoms with van der Waals surface area (Å²) >= 11 is 0. The zero-order valence-corrected chi connectivity index (χ0v) is 14.1. The summed E-state index contributed by atoms with van der Waals surface area (Å²) in [5, 5.41) is 14.0. The summed E-state index contributed by atoms with van der Waals surface area (Å²) in [6, 6.07) is 3.98. The highest BCUT2D eigenvalue weighted by molar-refractivity contribution is 5.53. The summed E-state index contributed by atoms with van der Waals surface area (Å²) in [7, 11) is 2.01. The molecule has 0 unspecified atom stereocenters. The Labute approximate surface area is 142 Å². The van der Waals surface area contributed by atoms with Crippen LogP contribution in [0.3, 0.4) is 0 Å². The van der Waals surface area contributed by atoms with E-state index in [1.807, 2.05) is 19.3 Å². The largest absolute Gasteiger partial charge is 0.340 e. The molecule has 2 fully saturated rings. The molecule has 0 bridgehead atoms. The lowest BCUT2D eigenvalue weighted by Crippen LogP contribution is -2.39. The molecule has 128 valence electrons. The predicted molar refractivity (Wildman–Crippen MR) is 94.7 cm³/mol. The molecule has 1 aliphatic heterocycles. The van der Waals surface area contributed by atoms with Crippen LogP contribution in [0.4, 0.5) is 17.6 Å². The Bertz CT molecular complexity index is 677. The lowest BCUT2D eigenvalue weighted by molar-refractivity contribution is 0.399. The fraction of sp³-hybridized carbons (Fsp3) is 0.588. The van der Waals surface area contributed by atoms with Gasteiger partial charge in [0.05, 0.1) is 0 Å². The van der Waals surface area contributed by atoms with Crippen molar-refractivity contribution < 1.29 is 0 Å². The summed E-state index contributed by atoms with van der Waals surface area (Å²) < 4.78 is 0. The van der Waals surface area contributed by atoms with Crippen molar-refractivity contribution >= 4 is 17.6 Å². The van der Waals surface area contributed by atoms with E-state index in [9.17, 15) is 0 Å². The molecule has 2 aliphatic rings. The smallest absolute Gasteiger partial charge is 0.227 e. The first-order chi connectivity index (χ1) is 11.8. The van der Waals surface area contributed by atoms with E-state index >= 15 is 0 Å². The van der Waals surface area contributed by atoms with Gasteiger partial charge in [-0.3, -0.25) is 5.10 Å². The van der Waals surface area contributed by atoms with Gasteiger partial charge in [-0.1, -0.05) is 0 Å². The molecule has 0 amide bonds. The third-order valence-electron chi connectivity index (χ3n) is 4.81. The Morgan fingerprint density at radius 1 is 1.29 bits per heavy atom. The highest BCUT2D eigenvalue weighted by Gasteiger charge is 2.25. The molecular weight excluding hydrogens is 302 g/mol. The quantitative estimate of drug-likeness (QED) is 0.755. The molecule has 0 radical (unpaired) electrons. The van der Waals surface area contributed by atoms with Crippen LogP contribution in [-0.4, -0.2) is 46.8 Å². The van der Waals surface area contributed by atoms with Crippen molar-refractivity contribution in [1.29, 1.82) is 0 Å². The van der Waals surface area contributed by atoms with E-state index in [4.69, 9.17) is 0 Å². The molecule has 2 aromatic rings. The van der Waals surface area contributed by atoms with Crippen molar-refractivity contribution in [3.8, 4) is 0 Å². The summed E-state index contributed by atoms with van der Waals surface area (Å²) in [5.41, 5.74) is 1.22. The summed E-state index contributed by atoms with van der Waals surface area (Å²) in [4.78, 5) is 11.4. The van der Waals surface area contributed by atoms with E-state index in [0.29, 0.717) is 11.8 Å². The van der Waals surface area contributed by atoms with Gasteiger partial charge in [-0.2, -0.15) is 10.1 Å². The first-order valence-electron chi connectivity index (χ1n) is 8.87. The average molecular weight is 327 g/mol. The zero-order valence-electron chi connectivity index (χ0n) is 14.1. The standard InChI is InChI=1S/C17H25N7/c1-18-10-12-3-2-8-24(11-12)17-19-7-6-15(21-17)20-16-9-14(22-23-16)13-4-5-13/h6-7,9,12-13,18H,2-5,8,10-11H2,1H3,(H2,19,20,21,22,23)/t12-/m0/s1. The molecule has 3 heterocycles. The van der Waals surface area contributed by atoms with Crippen LogP contribution < -0.4 is 15.5 Å². The van der Waals surface area contributed by atoms with Crippen LogP contribution in [0.1, 0.15) is 37.3 Å². The monoisotopic (exact) mass is 327 g/mol. The zero-order chi connectivity index (χ0) is 16.4. The molecule has 3 N–H and O–H groups in total. The van der Waals surface area contributed by atoms with Gasteiger partial charge in [-0.05, 0) is 51.3 Å². The SMILES string of the molecule is CNC[C@@H]1CCCN(c2nccc(Nc3cc(C4CC4)[nH]n3)n2)C1. The second kappa shape index (κ2) is 6.76. The molecule has 4 rings (SSSR count). The van der Waals surface area contributed by atoms with E-state index < -0.39 is 0 Å². The molecule has 1 saturated heterocycles. The van der Waals surface area contributed by atoms with Gasteiger partial charge in [0.15, 0.2) is 5.82 Å². The third kappa shape index (κ3) is 3.51. The number of aromatic nitrogens is 4. The first-order valence-corrected chi connectivity index (χ1v) is 8.87. The third-order valence-corrected chi connectivity index (χ3v) is 4.81. The van der Waals surface area contributed by atoms with E-state index in [2.05, 4.69) is 41.8 Å². The molecule has 1 aliphatic carbocycles. The van der Waals surface area contributed by atoms with Gasteiger partial charge in [-0.25, -0.2) is 4.98 Å². The number of piperidine rings is 1. The molecule has 24 heavy (non-hydrogen) atoms. The van der Waals surface area contributed by atoms with Crippen LogP contribution in [-0.2, 0) is 0 Å². The molecule has 0 aromatic carbocycles. The van der Waals surface area contributed by atoms with Gasteiger partial charge in [0.1, 0.15) is 5.82 Å². The van der Waals surface area contributed by atoms with E-state index in [1.54, 1.807) is 0 Å². The van der Waals surface area contributed by atoms with E-state index in [1.165, 1.54) is 31.4 Å². The van der Waals surface area contributed by atoms with Gasteiger partial charge < -0.3 is 15.5 Å². The summed E-state index contributed by atoms with van der Waals surface area (Å²) in [6.45, 7) is 3.09. The van der Waals surface area contributed by atoms with Gasteiger partial charge in [0, 0.05) is 37.0 Å². The molecule has 7 nitrogen and oxygen atoms in total. The van der Waals surface area contributed by atoms with Crippen LogP contribution >= 0.6 is 0 Å². The lowest BCUT2D eigenvalue weighted by atomic mass is 9.98. The van der Waals surface area contributed by atoms with Gasteiger partial charge in [-0.15, -0.1) is 0 Å². The Morgan fingerprint density at radius 3 is 3.04 bits per heavy atom. The van der Waals surface area contributed by atoms with Crippen LogP contribution in [0.15, 0.2) is 18.3 Å². The molecule has 1 atom stereocenters. The van der Waals surface area contributed by atoms with Crippen LogP contribution in [0.2, 0.25) is 0 Å². The van der Waals surface area contributed by atoms with Crippen LogP contribution in [0.5, 0.6) is 0 Å². The van der Waals surface area contributed by atoms with Gasteiger partial charge in [0.25, 0.3) is 0 Å². The average Bonchev–Trinajstić information content (AvgIpc) is 3.36. The molecule has 1 saturated carbocycles. The predicted octanol–water partition coefficient (Wildman–Crippen LogP) is 2.26. The Morgan fingerprint density at radius 2 is 2.21 bits per heavy atom. The number of anilines is 3. The number of nitrogens with zero attached hydrogens (tertiary/aromatic N) is 4. The fourth-order valence-electron chi connectivity index (χ4n) is 3.41. The molecule has 0 spiro atoms. The van der Waals surface area contributed by atoms with Crippen molar-refractivity contribution in [3.05, 3.63) is 24.0 Å². The maximum absolute atomic E-state index is 4.69. The first kappa shape index (κ1) is 15.4. The summed E-state index contributed by atoms with van der Waals surface area (Å²) in [6.07, 6.45) is 6.81. The highest BCUT2D eigenvalue weighted by Crippen LogP contribution is 2.39. The fourth-order valence-corrected chi connectivity index (χ4v) is 3.41. The second-order valence-electron chi connectivity index (χ2n) is 6.86. The van der Waals surface area contributed by atoms with Crippen molar-refractivity contribution in [2.24, 2.45) is 5.92 Å². The number of hydrogen-bond acceptors (Lipinski definition) is 6. The number of hydrogen-bond donors (Lipinski definition) is 3. The minimum Gasteiger partial charge on any atom is -0.340 e. The Hall–Kier alpha value is -2.15.